The first kappa shape index (κ1) is 18.0. The molecule has 1 amide bonds. The molecular formula is C21H20ClN3O. The largest absolute Gasteiger partial charge is 0.348 e. The molecule has 0 unspecified atom stereocenters. The van der Waals surface area contributed by atoms with E-state index < -0.39 is 0 Å². The third-order valence-corrected chi connectivity index (χ3v) is 4.39. The van der Waals surface area contributed by atoms with Gasteiger partial charge in [0.2, 0.25) is 5.91 Å². The van der Waals surface area contributed by atoms with Crippen LogP contribution in [0.15, 0.2) is 66.7 Å². The molecule has 0 bridgehead atoms. The van der Waals surface area contributed by atoms with Gasteiger partial charge in [0.15, 0.2) is 0 Å². The lowest BCUT2D eigenvalue weighted by Gasteiger charge is -2.03. The maximum absolute atomic E-state index is 12.0. The zero-order chi connectivity index (χ0) is 18.4. The number of benzene rings is 2. The van der Waals surface area contributed by atoms with Gasteiger partial charge in [0.1, 0.15) is 5.15 Å². The van der Waals surface area contributed by atoms with E-state index in [1.807, 2.05) is 67.6 Å². The number of nitrogens with zero attached hydrogens (tertiary/aromatic N) is 2. The van der Waals surface area contributed by atoms with E-state index in [4.69, 9.17) is 11.6 Å². The Balaban J connectivity index is 1.65. The van der Waals surface area contributed by atoms with Crippen LogP contribution in [0.25, 0.3) is 6.08 Å². The van der Waals surface area contributed by atoms with Crippen molar-refractivity contribution in [2.24, 2.45) is 0 Å². The fraction of sp³-hybridized carbons (Fsp3) is 0.143. The smallest absolute Gasteiger partial charge is 0.244 e. The fourth-order valence-corrected chi connectivity index (χ4v) is 2.92. The van der Waals surface area contributed by atoms with Gasteiger partial charge in [-0.1, -0.05) is 72.3 Å². The maximum atomic E-state index is 12.0. The highest BCUT2D eigenvalue weighted by Crippen LogP contribution is 2.22. The third kappa shape index (κ3) is 4.61. The Morgan fingerprint density at radius 2 is 1.69 bits per heavy atom. The minimum atomic E-state index is -0.167. The molecule has 0 fully saturated rings. The quantitative estimate of drug-likeness (QED) is 0.665. The van der Waals surface area contributed by atoms with E-state index in [2.05, 4.69) is 10.4 Å². The Labute approximate surface area is 158 Å². The highest BCUT2D eigenvalue weighted by Gasteiger charge is 2.11. The molecule has 5 heteroatoms. The molecule has 1 heterocycles. The summed E-state index contributed by atoms with van der Waals surface area (Å²) >= 11 is 6.45. The molecule has 0 aliphatic heterocycles. The van der Waals surface area contributed by atoms with Crippen molar-refractivity contribution >= 4 is 23.6 Å². The van der Waals surface area contributed by atoms with Crippen LogP contribution in [0.4, 0.5) is 0 Å². The summed E-state index contributed by atoms with van der Waals surface area (Å²) in [5, 5.41) is 7.86. The number of carbonyl (C=O) groups excluding carboxylic acids is 1. The number of carbonyl (C=O) groups is 1. The Kier molecular flexibility index (Phi) is 5.87. The number of amides is 1. The molecule has 0 saturated heterocycles. The van der Waals surface area contributed by atoms with Crippen LogP contribution < -0.4 is 5.32 Å². The van der Waals surface area contributed by atoms with Crippen LogP contribution in [0.1, 0.15) is 22.4 Å². The first-order valence-electron chi connectivity index (χ1n) is 8.40. The number of hydrogen-bond donors (Lipinski definition) is 1. The predicted molar refractivity (Wildman–Crippen MR) is 105 cm³/mol. The lowest BCUT2D eigenvalue weighted by atomic mass is 10.2. The zero-order valence-electron chi connectivity index (χ0n) is 14.5. The van der Waals surface area contributed by atoms with E-state index in [-0.39, 0.29) is 5.91 Å². The molecule has 2 aromatic carbocycles. The van der Waals surface area contributed by atoms with Gasteiger partial charge in [-0.3, -0.25) is 4.79 Å². The first-order valence-corrected chi connectivity index (χ1v) is 8.78. The molecular weight excluding hydrogens is 346 g/mol. The third-order valence-electron chi connectivity index (χ3n) is 4.00. The summed E-state index contributed by atoms with van der Waals surface area (Å²) in [6, 6.07) is 19.8. The van der Waals surface area contributed by atoms with E-state index in [0.717, 1.165) is 22.4 Å². The van der Waals surface area contributed by atoms with Gasteiger partial charge >= 0.3 is 0 Å². The Morgan fingerprint density at radius 3 is 2.35 bits per heavy atom. The van der Waals surface area contributed by atoms with Crippen molar-refractivity contribution in [2.45, 2.75) is 20.0 Å². The molecule has 0 atom stereocenters. The highest BCUT2D eigenvalue weighted by molar-refractivity contribution is 6.31. The summed E-state index contributed by atoms with van der Waals surface area (Å²) in [5.74, 6) is -0.167. The Hall–Kier alpha value is -2.85. The summed E-state index contributed by atoms with van der Waals surface area (Å²) in [4.78, 5) is 12.0. The predicted octanol–water partition coefficient (Wildman–Crippen LogP) is 4.22. The van der Waals surface area contributed by atoms with Gasteiger partial charge in [0.05, 0.1) is 12.2 Å². The van der Waals surface area contributed by atoms with E-state index in [9.17, 15) is 4.79 Å². The van der Waals surface area contributed by atoms with Crippen LogP contribution >= 0.6 is 11.6 Å². The number of aryl methyl sites for hydroxylation is 1. The summed E-state index contributed by atoms with van der Waals surface area (Å²) in [5.41, 5.74) is 3.72. The minimum absolute atomic E-state index is 0.167. The standard InChI is InChI=1S/C21H20ClN3O/c1-16-19(12-13-20(26)23-14-17-8-4-2-5-9-17)21(22)25(24-16)15-18-10-6-3-7-11-18/h2-13H,14-15H2,1H3,(H,23,26)/b13-12+. The second-order valence-electron chi connectivity index (χ2n) is 5.97. The van der Waals surface area contributed by atoms with Crippen LogP contribution in [0.2, 0.25) is 5.15 Å². The molecule has 0 spiro atoms. The van der Waals surface area contributed by atoms with Crippen molar-refractivity contribution in [3.05, 3.63) is 94.3 Å². The van der Waals surface area contributed by atoms with Gasteiger partial charge in [0.25, 0.3) is 0 Å². The molecule has 4 nitrogen and oxygen atoms in total. The van der Waals surface area contributed by atoms with Crippen LogP contribution in [0, 0.1) is 6.92 Å². The van der Waals surface area contributed by atoms with Gasteiger partial charge in [-0.25, -0.2) is 4.68 Å². The molecule has 3 rings (SSSR count). The van der Waals surface area contributed by atoms with Crippen molar-refractivity contribution < 1.29 is 4.79 Å². The van der Waals surface area contributed by atoms with Gasteiger partial charge in [-0.05, 0) is 24.1 Å². The van der Waals surface area contributed by atoms with Crippen LogP contribution in [0.3, 0.4) is 0 Å². The van der Waals surface area contributed by atoms with Crippen LogP contribution in [-0.2, 0) is 17.9 Å². The van der Waals surface area contributed by atoms with Crippen molar-refractivity contribution in [2.75, 3.05) is 0 Å². The SMILES string of the molecule is Cc1nn(Cc2ccccc2)c(Cl)c1/C=C/C(=O)NCc1ccccc1. The van der Waals surface area contributed by atoms with Crippen molar-refractivity contribution in [1.82, 2.24) is 15.1 Å². The molecule has 26 heavy (non-hydrogen) atoms. The minimum Gasteiger partial charge on any atom is -0.348 e. The zero-order valence-corrected chi connectivity index (χ0v) is 15.3. The molecule has 1 aromatic heterocycles. The van der Waals surface area contributed by atoms with E-state index in [0.29, 0.717) is 18.2 Å². The number of aromatic nitrogens is 2. The number of rotatable bonds is 6. The molecule has 132 valence electrons. The Bertz CT molecular complexity index is 902. The summed E-state index contributed by atoms with van der Waals surface area (Å²) in [7, 11) is 0. The number of nitrogens with one attached hydrogen (secondary N) is 1. The Morgan fingerprint density at radius 1 is 1.08 bits per heavy atom. The van der Waals surface area contributed by atoms with Crippen molar-refractivity contribution in [1.29, 1.82) is 0 Å². The van der Waals surface area contributed by atoms with E-state index >= 15 is 0 Å². The number of hydrogen-bond acceptors (Lipinski definition) is 2. The molecule has 0 radical (unpaired) electrons. The van der Waals surface area contributed by atoms with Gasteiger partial charge < -0.3 is 5.32 Å². The first-order chi connectivity index (χ1) is 12.6. The van der Waals surface area contributed by atoms with Gasteiger partial charge in [-0.2, -0.15) is 5.10 Å². The fourth-order valence-electron chi connectivity index (χ4n) is 2.62. The number of halogens is 1. The van der Waals surface area contributed by atoms with E-state index in [1.54, 1.807) is 10.8 Å². The molecule has 0 saturated carbocycles. The lowest BCUT2D eigenvalue weighted by Crippen LogP contribution is -2.20. The summed E-state index contributed by atoms with van der Waals surface area (Å²) in [6.07, 6.45) is 3.21. The van der Waals surface area contributed by atoms with Crippen LogP contribution in [-0.4, -0.2) is 15.7 Å². The average molecular weight is 366 g/mol. The topological polar surface area (TPSA) is 46.9 Å². The summed E-state index contributed by atoms with van der Waals surface area (Å²) in [6.45, 7) is 2.97. The lowest BCUT2D eigenvalue weighted by molar-refractivity contribution is -0.116. The second-order valence-corrected chi connectivity index (χ2v) is 6.33. The average Bonchev–Trinajstić information content (AvgIpc) is 2.93. The van der Waals surface area contributed by atoms with Crippen molar-refractivity contribution in [3.8, 4) is 0 Å². The highest BCUT2D eigenvalue weighted by atomic mass is 35.5. The van der Waals surface area contributed by atoms with Crippen LogP contribution in [0.5, 0.6) is 0 Å². The normalized spacial score (nSPS) is 11.0. The maximum Gasteiger partial charge on any atom is 0.244 e. The monoisotopic (exact) mass is 365 g/mol. The van der Waals surface area contributed by atoms with Gasteiger partial charge in [-0.15, -0.1) is 0 Å². The van der Waals surface area contributed by atoms with Gasteiger partial charge in [0, 0.05) is 18.2 Å². The van der Waals surface area contributed by atoms with Crippen molar-refractivity contribution in [3.63, 3.8) is 0 Å². The molecule has 3 aromatic rings. The molecule has 1 N–H and O–H groups in total. The molecule has 0 aliphatic carbocycles. The second kappa shape index (κ2) is 8.50. The van der Waals surface area contributed by atoms with E-state index in [1.165, 1.54) is 6.08 Å². The molecule has 0 aliphatic rings. The summed E-state index contributed by atoms with van der Waals surface area (Å²) < 4.78 is 1.74.